The maximum Gasteiger partial charge on any atom is 0.311 e. The lowest BCUT2D eigenvalue weighted by atomic mass is 9.77. The number of hydrogen-bond donors (Lipinski definition) is 5. The first-order chi connectivity index (χ1) is 34.4. The van der Waals surface area contributed by atoms with Crippen molar-refractivity contribution in [3.8, 4) is 0 Å². The van der Waals surface area contributed by atoms with Crippen LogP contribution in [-0.4, -0.2) is 165 Å². The highest BCUT2D eigenvalue weighted by atomic mass is 16.7. The molecule has 0 spiro atoms. The first kappa shape index (κ1) is 63.3. The molecule has 1 aromatic rings. The minimum absolute atomic E-state index is 0.0861. The van der Waals surface area contributed by atoms with Crippen LogP contribution < -0.4 is 0 Å². The average molecular weight is 1040 g/mol. The molecule has 0 radical (unpaired) electrons. The second kappa shape index (κ2) is 29.5. The molecule has 15 nitrogen and oxygen atoms in total. The molecule has 1 amide bonds. The van der Waals surface area contributed by atoms with Gasteiger partial charge in [0.15, 0.2) is 12.6 Å². The van der Waals surface area contributed by atoms with Gasteiger partial charge in [0, 0.05) is 38.5 Å². The van der Waals surface area contributed by atoms with Crippen LogP contribution in [0.1, 0.15) is 184 Å². The molecule has 18 atom stereocenters. The molecule has 15 heteroatoms. The Balaban J connectivity index is 1.54. The highest BCUT2D eigenvalue weighted by Gasteiger charge is 2.53. The highest BCUT2D eigenvalue weighted by molar-refractivity contribution is 5.76. The highest BCUT2D eigenvalue weighted by Crippen LogP contribution is 2.40. The Bertz CT molecular complexity index is 1750. The lowest BCUT2D eigenvalue weighted by molar-refractivity contribution is -0.318. The van der Waals surface area contributed by atoms with Gasteiger partial charge in [-0.25, -0.2) is 0 Å². The number of ether oxygens (including phenoxy) is 6. The topological polar surface area (TPSA) is 197 Å². The first-order valence-corrected chi connectivity index (χ1v) is 28.2. The summed E-state index contributed by atoms with van der Waals surface area (Å²) in [5.74, 6) is -3.20. The number of cyclic esters (lactones) is 1. The number of hydrogen-bond acceptors (Lipinski definition) is 14. The number of amides is 1. The van der Waals surface area contributed by atoms with Gasteiger partial charge in [-0.3, -0.25) is 9.59 Å². The minimum atomic E-state index is -1.99. The molecule has 422 valence electrons. The van der Waals surface area contributed by atoms with Gasteiger partial charge in [0.2, 0.25) is 5.91 Å². The molecule has 3 heterocycles. The van der Waals surface area contributed by atoms with Crippen molar-refractivity contribution in [2.45, 2.75) is 275 Å². The monoisotopic (exact) mass is 1030 g/mol. The number of rotatable bonds is 22. The van der Waals surface area contributed by atoms with Crippen LogP contribution >= 0.6 is 0 Å². The van der Waals surface area contributed by atoms with Crippen molar-refractivity contribution in [2.75, 3.05) is 27.7 Å². The maximum absolute atomic E-state index is 14.6. The van der Waals surface area contributed by atoms with Crippen molar-refractivity contribution in [1.82, 2.24) is 9.80 Å². The predicted molar refractivity (Wildman–Crippen MR) is 283 cm³/mol. The molecule has 3 saturated heterocycles. The zero-order valence-corrected chi connectivity index (χ0v) is 47.4. The van der Waals surface area contributed by atoms with Crippen molar-refractivity contribution < 1.29 is 63.5 Å². The van der Waals surface area contributed by atoms with E-state index in [1.807, 2.05) is 32.8 Å². The number of aryl methyl sites for hydroxylation is 1. The molecule has 0 aromatic heterocycles. The Morgan fingerprint density at radius 1 is 0.795 bits per heavy atom. The van der Waals surface area contributed by atoms with Crippen LogP contribution in [0.15, 0.2) is 30.3 Å². The minimum Gasteiger partial charge on any atom is -0.459 e. The van der Waals surface area contributed by atoms with E-state index in [-0.39, 0.29) is 56.2 Å². The fraction of sp³-hybridized carbons (Fsp3) is 0.862. The lowest BCUT2D eigenvalue weighted by Gasteiger charge is -2.48. The number of benzene rings is 1. The number of aliphatic hydroxyl groups is 5. The van der Waals surface area contributed by atoms with Gasteiger partial charge in [-0.05, 0) is 113 Å². The van der Waals surface area contributed by atoms with Gasteiger partial charge >= 0.3 is 5.97 Å². The van der Waals surface area contributed by atoms with Crippen LogP contribution in [-0.2, 0) is 44.4 Å². The van der Waals surface area contributed by atoms with Crippen molar-refractivity contribution in [1.29, 1.82) is 0 Å². The van der Waals surface area contributed by atoms with Crippen LogP contribution in [0, 0.1) is 17.8 Å². The normalized spacial score (nSPS) is 38.4. The molecular formula is C58H102N2O13. The van der Waals surface area contributed by atoms with Gasteiger partial charge in [-0.2, -0.15) is 0 Å². The Morgan fingerprint density at radius 2 is 1.37 bits per heavy atom. The van der Waals surface area contributed by atoms with Crippen molar-refractivity contribution >= 4 is 11.9 Å². The number of carbonyl (C=O) groups is 2. The predicted octanol–water partition coefficient (Wildman–Crippen LogP) is 8.11. The molecule has 3 aliphatic rings. The van der Waals surface area contributed by atoms with E-state index in [1.54, 1.807) is 53.4 Å². The summed E-state index contributed by atoms with van der Waals surface area (Å²) < 4.78 is 38.1. The van der Waals surface area contributed by atoms with Crippen LogP contribution in [0.4, 0.5) is 0 Å². The van der Waals surface area contributed by atoms with E-state index < -0.39 is 96.0 Å². The summed E-state index contributed by atoms with van der Waals surface area (Å²) in [4.78, 5) is 32.6. The largest absolute Gasteiger partial charge is 0.459 e. The smallest absolute Gasteiger partial charge is 0.311 e. The molecule has 3 fully saturated rings. The Hall–Kier alpha value is -2.28. The summed E-state index contributed by atoms with van der Waals surface area (Å²) >= 11 is 0. The maximum atomic E-state index is 14.6. The van der Waals surface area contributed by atoms with Crippen LogP contribution in [0.25, 0.3) is 0 Å². The number of aliphatic hydroxyl groups excluding tert-OH is 3. The van der Waals surface area contributed by atoms with Gasteiger partial charge in [0.25, 0.3) is 0 Å². The van der Waals surface area contributed by atoms with Crippen LogP contribution in [0.2, 0.25) is 0 Å². The summed E-state index contributed by atoms with van der Waals surface area (Å²) in [5.41, 5.74) is -3.33. The summed E-state index contributed by atoms with van der Waals surface area (Å²) in [6.07, 6.45) is 5.80. The molecule has 73 heavy (non-hydrogen) atoms. The summed E-state index contributed by atoms with van der Waals surface area (Å²) in [7, 11) is 5.27. The third-order valence-corrected chi connectivity index (χ3v) is 16.7. The Kier molecular flexibility index (Phi) is 25.5. The van der Waals surface area contributed by atoms with Gasteiger partial charge in [-0.1, -0.05) is 115 Å². The van der Waals surface area contributed by atoms with Crippen LogP contribution in [0.5, 0.6) is 0 Å². The zero-order chi connectivity index (χ0) is 54.3. The molecule has 0 bridgehead atoms. The van der Waals surface area contributed by atoms with E-state index in [4.69, 9.17) is 28.4 Å². The fourth-order valence-corrected chi connectivity index (χ4v) is 12.0. The Labute approximate surface area is 440 Å². The molecule has 4 rings (SSSR count). The third-order valence-electron chi connectivity index (χ3n) is 16.7. The number of likely N-dealkylation sites (N-methyl/N-ethyl adjacent to an activating group) is 1. The van der Waals surface area contributed by atoms with E-state index in [9.17, 15) is 35.1 Å². The first-order valence-electron chi connectivity index (χ1n) is 28.2. The molecule has 0 unspecified atom stereocenters. The summed E-state index contributed by atoms with van der Waals surface area (Å²) in [6.45, 7) is 17.5. The number of methoxy groups -OCH3 is 1. The van der Waals surface area contributed by atoms with E-state index in [1.165, 1.54) is 71.0 Å². The lowest BCUT2D eigenvalue weighted by Crippen LogP contribution is -2.60. The standard InChI is InChI=1S/C58H102N2O13/c1-14-46-58(10,67)51(63)42(6)60(47(61)33-29-24-22-20-18-16-15-17-19-21-23-26-30-44-31-27-25-28-32-44)37-38(2)35-56(8,66)53(73-55-49(62)45(59(11)12)34-39(3)69-55)40(4)50(41(5)54(65)71-46)72-48-36-57(9,68-13)52(64)43(7)70-48/h25,27-28,31-32,38-43,45-46,48-53,55,62-64,66-67H,14-24,26,29-30,33-37H2,1-13H3/t38-,39-,40+,41-,42-,43+,45+,46-,48+,49-,50+,51-,52+,53-,55+,56-,57-,58-/m1/s1. The second-order valence-electron chi connectivity index (χ2n) is 23.5. The van der Waals surface area contributed by atoms with Crippen molar-refractivity contribution in [3.63, 3.8) is 0 Å². The zero-order valence-electron chi connectivity index (χ0n) is 47.4. The number of unbranched alkanes of at least 4 members (excludes halogenated alkanes) is 11. The fourth-order valence-electron chi connectivity index (χ4n) is 12.0. The molecule has 1 aromatic carbocycles. The van der Waals surface area contributed by atoms with E-state index in [2.05, 4.69) is 30.3 Å². The molecule has 5 N–H and O–H groups in total. The number of carbonyl (C=O) groups excluding carboxylic acids is 2. The molecule has 0 aliphatic carbocycles. The van der Waals surface area contributed by atoms with E-state index in [0.29, 0.717) is 12.8 Å². The quantitative estimate of drug-likeness (QED) is 0.0552. The van der Waals surface area contributed by atoms with E-state index in [0.717, 1.165) is 25.7 Å². The van der Waals surface area contributed by atoms with Gasteiger partial charge < -0.3 is 63.8 Å². The van der Waals surface area contributed by atoms with Crippen molar-refractivity contribution in [2.24, 2.45) is 17.8 Å². The molecule has 0 saturated carbocycles. The van der Waals surface area contributed by atoms with Gasteiger partial charge in [-0.15, -0.1) is 0 Å². The van der Waals surface area contributed by atoms with E-state index >= 15 is 0 Å². The molecule has 3 aliphatic heterocycles. The van der Waals surface area contributed by atoms with Crippen LogP contribution in [0.3, 0.4) is 0 Å². The number of nitrogens with zero attached hydrogens (tertiary/aromatic N) is 2. The summed E-state index contributed by atoms with van der Waals surface area (Å²) in [6, 6.07) is 9.48. The van der Waals surface area contributed by atoms with Crippen molar-refractivity contribution in [3.05, 3.63) is 35.9 Å². The van der Waals surface area contributed by atoms with Gasteiger partial charge in [0.1, 0.15) is 30.0 Å². The molecular weight excluding hydrogens is 933 g/mol. The SMILES string of the molecule is CC[C@H]1OC(=O)[C@H](C)[C@@H](O[C@H]2C[C@@](C)(OC)[C@@H](O)[C@H](C)O2)[C@H](C)[C@@H](O[C@@H]2O[C@H](C)C[C@H](N(C)C)[C@H]2O)[C@](C)(O)C[C@@H](C)CN(C(=O)CCCCCCCCCCCCCCc2ccccc2)[C@H](C)[C@@H](O)[C@]1(C)O. The third kappa shape index (κ3) is 17.9. The summed E-state index contributed by atoms with van der Waals surface area (Å²) in [5, 5.41) is 60.1. The van der Waals surface area contributed by atoms with Gasteiger partial charge in [0.05, 0.1) is 47.6 Å². The second-order valence-corrected chi connectivity index (χ2v) is 23.5. The number of esters is 1. The average Bonchev–Trinajstić information content (AvgIpc) is 3.34. The Morgan fingerprint density at radius 3 is 1.93 bits per heavy atom.